The molecule has 90 valence electrons. The lowest BCUT2D eigenvalue weighted by Crippen LogP contribution is -2.46. The van der Waals surface area contributed by atoms with Gasteiger partial charge in [0.25, 0.3) is 0 Å². The van der Waals surface area contributed by atoms with Crippen molar-refractivity contribution in [1.82, 2.24) is 4.90 Å². The van der Waals surface area contributed by atoms with Gasteiger partial charge in [-0.2, -0.15) is 0 Å². The van der Waals surface area contributed by atoms with Crippen LogP contribution in [0.15, 0.2) is 0 Å². The Morgan fingerprint density at radius 2 is 1.80 bits per heavy atom. The lowest BCUT2D eigenvalue weighted by atomic mass is 10.0. The number of nitrogens with zero attached hydrogens (tertiary/aromatic N) is 1. The van der Waals surface area contributed by atoms with Crippen molar-refractivity contribution in [3.8, 4) is 0 Å². The Morgan fingerprint density at radius 3 is 2.27 bits per heavy atom. The molecule has 15 heavy (non-hydrogen) atoms. The van der Waals surface area contributed by atoms with E-state index in [0.717, 1.165) is 26.1 Å². The monoisotopic (exact) mass is 214 g/mol. The smallest absolute Gasteiger partial charge is 0.0678 e. The van der Waals surface area contributed by atoms with Crippen LogP contribution in [0.4, 0.5) is 0 Å². The van der Waals surface area contributed by atoms with E-state index in [1.165, 1.54) is 0 Å². The molecule has 0 aromatic rings. The zero-order valence-electron chi connectivity index (χ0n) is 10.6. The zero-order valence-corrected chi connectivity index (χ0v) is 10.6. The van der Waals surface area contributed by atoms with E-state index >= 15 is 0 Å². The van der Waals surface area contributed by atoms with Gasteiger partial charge < -0.3 is 10.5 Å². The van der Waals surface area contributed by atoms with Crippen LogP contribution in [-0.4, -0.2) is 42.8 Å². The lowest BCUT2D eigenvalue weighted by Gasteiger charge is -2.36. The van der Waals surface area contributed by atoms with E-state index in [1.54, 1.807) is 0 Å². The zero-order chi connectivity index (χ0) is 11.4. The highest BCUT2D eigenvalue weighted by Gasteiger charge is 2.22. The number of hydrogen-bond donors (Lipinski definition) is 1. The minimum Gasteiger partial charge on any atom is -0.373 e. The standard InChI is InChI=1S/C12H26N2O/c1-9(2)12(13)5-6-14-7-10(3)15-11(4)8-14/h9-12H,5-8,13H2,1-4H3. The van der Waals surface area contributed by atoms with Gasteiger partial charge in [0, 0.05) is 19.1 Å². The Labute approximate surface area is 94.0 Å². The number of rotatable bonds is 4. The molecular formula is C12H26N2O. The quantitative estimate of drug-likeness (QED) is 0.770. The predicted molar refractivity (Wildman–Crippen MR) is 63.9 cm³/mol. The average molecular weight is 214 g/mol. The highest BCUT2D eigenvalue weighted by molar-refractivity contribution is 4.75. The van der Waals surface area contributed by atoms with E-state index in [0.29, 0.717) is 24.2 Å². The summed E-state index contributed by atoms with van der Waals surface area (Å²) in [6.07, 6.45) is 1.82. The van der Waals surface area contributed by atoms with Gasteiger partial charge in [0.05, 0.1) is 12.2 Å². The van der Waals surface area contributed by atoms with Gasteiger partial charge in [0.1, 0.15) is 0 Å². The molecular weight excluding hydrogens is 188 g/mol. The van der Waals surface area contributed by atoms with Crippen LogP contribution in [0.5, 0.6) is 0 Å². The van der Waals surface area contributed by atoms with Crippen molar-refractivity contribution in [3.63, 3.8) is 0 Å². The highest BCUT2D eigenvalue weighted by atomic mass is 16.5. The third-order valence-corrected chi connectivity index (χ3v) is 3.13. The summed E-state index contributed by atoms with van der Waals surface area (Å²) < 4.78 is 5.70. The van der Waals surface area contributed by atoms with Gasteiger partial charge in [-0.3, -0.25) is 4.90 Å². The fraction of sp³-hybridized carbons (Fsp3) is 1.00. The predicted octanol–water partition coefficient (Wildman–Crippen LogP) is 1.47. The maximum absolute atomic E-state index is 6.05. The molecule has 0 bridgehead atoms. The van der Waals surface area contributed by atoms with Gasteiger partial charge in [0.15, 0.2) is 0 Å². The van der Waals surface area contributed by atoms with E-state index in [9.17, 15) is 0 Å². The van der Waals surface area contributed by atoms with Crippen LogP contribution in [0, 0.1) is 5.92 Å². The highest BCUT2D eigenvalue weighted by Crippen LogP contribution is 2.12. The van der Waals surface area contributed by atoms with Crippen molar-refractivity contribution in [3.05, 3.63) is 0 Å². The topological polar surface area (TPSA) is 38.5 Å². The van der Waals surface area contributed by atoms with E-state index in [1.807, 2.05) is 0 Å². The second-order valence-electron chi connectivity index (χ2n) is 5.21. The number of hydrogen-bond acceptors (Lipinski definition) is 3. The van der Waals surface area contributed by atoms with Crippen molar-refractivity contribution >= 4 is 0 Å². The van der Waals surface area contributed by atoms with Gasteiger partial charge in [-0.15, -0.1) is 0 Å². The summed E-state index contributed by atoms with van der Waals surface area (Å²) in [6.45, 7) is 11.9. The Bertz CT molecular complexity index is 174. The molecule has 1 aliphatic heterocycles. The van der Waals surface area contributed by atoms with E-state index in [-0.39, 0.29) is 0 Å². The first-order valence-corrected chi connectivity index (χ1v) is 6.12. The summed E-state index contributed by atoms with van der Waals surface area (Å²) in [7, 11) is 0. The van der Waals surface area contributed by atoms with Gasteiger partial charge in [-0.05, 0) is 32.7 Å². The van der Waals surface area contributed by atoms with Gasteiger partial charge in [0.2, 0.25) is 0 Å². The second kappa shape index (κ2) is 5.83. The van der Waals surface area contributed by atoms with E-state index < -0.39 is 0 Å². The number of morpholine rings is 1. The maximum atomic E-state index is 6.05. The van der Waals surface area contributed by atoms with Crippen LogP contribution in [0.25, 0.3) is 0 Å². The van der Waals surface area contributed by atoms with Crippen molar-refractivity contribution in [2.75, 3.05) is 19.6 Å². The molecule has 0 radical (unpaired) electrons. The van der Waals surface area contributed by atoms with E-state index in [2.05, 4.69) is 32.6 Å². The molecule has 0 aliphatic carbocycles. The van der Waals surface area contributed by atoms with Crippen LogP contribution < -0.4 is 5.73 Å². The first-order valence-electron chi connectivity index (χ1n) is 6.12. The Morgan fingerprint density at radius 1 is 1.27 bits per heavy atom. The van der Waals surface area contributed by atoms with Crippen molar-refractivity contribution in [2.24, 2.45) is 11.7 Å². The molecule has 0 aromatic heterocycles. The molecule has 3 unspecified atom stereocenters. The minimum atomic E-state index is 0.332. The summed E-state index contributed by atoms with van der Waals surface area (Å²) in [6, 6.07) is 0.332. The first kappa shape index (κ1) is 12.9. The molecule has 0 aromatic carbocycles. The number of ether oxygens (including phenoxy) is 1. The third kappa shape index (κ3) is 4.49. The van der Waals surface area contributed by atoms with Crippen molar-refractivity contribution in [1.29, 1.82) is 0 Å². The summed E-state index contributed by atoms with van der Waals surface area (Å²) >= 11 is 0. The van der Waals surface area contributed by atoms with Crippen molar-refractivity contribution < 1.29 is 4.74 Å². The van der Waals surface area contributed by atoms with Gasteiger partial charge in [-0.25, -0.2) is 0 Å². The fourth-order valence-corrected chi connectivity index (χ4v) is 2.13. The van der Waals surface area contributed by atoms with E-state index in [4.69, 9.17) is 10.5 Å². The fourth-order valence-electron chi connectivity index (χ4n) is 2.13. The van der Waals surface area contributed by atoms with Crippen LogP contribution in [0.3, 0.4) is 0 Å². The minimum absolute atomic E-state index is 0.332. The van der Waals surface area contributed by atoms with Crippen LogP contribution in [-0.2, 0) is 4.74 Å². The second-order valence-corrected chi connectivity index (χ2v) is 5.21. The molecule has 1 heterocycles. The Balaban J connectivity index is 2.26. The van der Waals surface area contributed by atoms with Crippen LogP contribution in [0.2, 0.25) is 0 Å². The third-order valence-electron chi connectivity index (χ3n) is 3.13. The maximum Gasteiger partial charge on any atom is 0.0678 e. The molecule has 0 saturated carbocycles. The molecule has 3 nitrogen and oxygen atoms in total. The van der Waals surface area contributed by atoms with Crippen LogP contribution in [0.1, 0.15) is 34.1 Å². The molecule has 2 N–H and O–H groups in total. The van der Waals surface area contributed by atoms with Gasteiger partial charge >= 0.3 is 0 Å². The summed E-state index contributed by atoms with van der Waals surface area (Å²) in [4.78, 5) is 2.47. The summed E-state index contributed by atoms with van der Waals surface area (Å²) in [5.74, 6) is 0.584. The van der Waals surface area contributed by atoms with Crippen LogP contribution >= 0.6 is 0 Å². The molecule has 0 amide bonds. The molecule has 1 fully saturated rings. The first-order chi connectivity index (χ1) is 6.99. The molecule has 1 saturated heterocycles. The summed E-state index contributed by atoms with van der Waals surface area (Å²) in [5.41, 5.74) is 6.05. The average Bonchev–Trinajstić information content (AvgIpc) is 2.12. The lowest BCUT2D eigenvalue weighted by molar-refractivity contribution is -0.0685. The normalized spacial score (nSPS) is 30.8. The van der Waals surface area contributed by atoms with Gasteiger partial charge in [-0.1, -0.05) is 13.8 Å². The molecule has 0 spiro atoms. The molecule has 3 heteroatoms. The number of nitrogens with two attached hydrogens (primary N) is 1. The SMILES string of the molecule is CC1CN(CCC(N)C(C)C)CC(C)O1. The largest absolute Gasteiger partial charge is 0.373 e. The molecule has 1 rings (SSSR count). The van der Waals surface area contributed by atoms with Crippen molar-refractivity contribution in [2.45, 2.75) is 52.4 Å². The molecule has 3 atom stereocenters. The Hall–Kier alpha value is -0.120. The molecule has 1 aliphatic rings. The Kier molecular flexibility index (Phi) is 5.03. The summed E-state index contributed by atoms with van der Waals surface area (Å²) in [5, 5.41) is 0.